The summed E-state index contributed by atoms with van der Waals surface area (Å²) in [6.07, 6.45) is 0.858. The van der Waals surface area contributed by atoms with Gasteiger partial charge in [-0.3, -0.25) is 4.99 Å². The number of primary sulfonamides is 1. The maximum absolute atomic E-state index is 11.5. The average molecular weight is 546 g/mol. The number of methoxy groups -OCH3 is 2. The molecule has 2 aromatic carbocycles. The number of nitrogens with two attached hydrogens (primary N) is 1. The van der Waals surface area contributed by atoms with Gasteiger partial charge in [0.05, 0.1) is 19.1 Å². The normalized spacial score (nSPS) is 13.9. The van der Waals surface area contributed by atoms with Crippen molar-refractivity contribution < 1.29 is 17.9 Å². The smallest absolute Gasteiger partial charge is 0.238 e. The highest BCUT2D eigenvalue weighted by atomic mass is 127. The summed E-state index contributed by atoms with van der Waals surface area (Å²) >= 11 is 0. The molecule has 0 spiro atoms. The third-order valence-electron chi connectivity index (χ3n) is 4.91. The quantitative estimate of drug-likeness (QED) is 0.338. The van der Waals surface area contributed by atoms with Gasteiger partial charge in [-0.25, -0.2) is 13.6 Å². The summed E-state index contributed by atoms with van der Waals surface area (Å²) in [5, 5.41) is 8.52. The molecular weight excluding hydrogens is 519 g/mol. The predicted molar refractivity (Wildman–Crippen MR) is 127 cm³/mol. The SMILES string of the molecule is CN=C(NCc1cccc(S(N)(=O)=O)c1)N1CCc2cc(OC)c(OC)cc2C1.I. The summed E-state index contributed by atoms with van der Waals surface area (Å²) in [5.41, 5.74) is 3.20. The Bertz CT molecular complexity index is 1030. The summed E-state index contributed by atoms with van der Waals surface area (Å²) in [4.78, 5) is 6.63. The van der Waals surface area contributed by atoms with Crippen LogP contribution in [-0.4, -0.2) is 47.1 Å². The Morgan fingerprint density at radius 2 is 1.83 bits per heavy atom. The van der Waals surface area contributed by atoms with Gasteiger partial charge in [0.1, 0.15) is 0 Å². The van der Waals surface area contributed by atoms with Crippen LogP contribution in [0.3, 0.4) is 0 Å². The predicted octanol–water partition coefficient (Wildman–Crippen LogP) is 2.10. The minimum atomic E-state index is -3.73. The largest absolute Gasteiger partial charge is 0.493 e. The van der Waals surface area contributed by atoms with E-state index in [1.165, 1.54) is 11.6 Å². The number of nitrogens with one attached hydrogen (secondary N) is 1. The Morgan fingerprint density at radius 3 is 2.43 bits per heavy atom. The van der Waals surface area contributed by atoms with E-state index in [9.17, 15) is 8.42 Å². The number of nitrogens with zero attached hydrogens (tertiary/aromatic N) is 2. The number of hydrogen-bond acceptors (Lipinski definition) is 5. The van der Waals surface area contributed by atoms with Crippen LogP contribution in [0.5, 0.6) is 11.5 Å². The highest BCUT2D eigenvalue weighted by Gasteiger charge is 2.21. The second-order valence-electron chi connectivity index (χ2n) is 6.74. The molecule has 0 bridgehead atoms. The van der Waals surface area contributed by atoms with Gasteiger partial charge in [0.2, 0.25) is 10.0 Å². The number of benzene rings is 2. The summed E-state index contributed by atoms with van der Waals surface area (Å²) < 4.78 is 33.9. The van der Waals surface area contributed by atoms with Gasteiger partial charge in [0, 0.05) is 26.7 Å². The van der Waals surface area contributed by atoms with Gasteiger partial charge < -0.3 is 19.7 Å². The molecule has 0 amide bonds. The summed E-state index contributed by atoms with van der Waals surface area (Å²) in [6, 6.07) is 10.6. The van der Waals surface area contributed by atoms with Crippen LogP contribution in [0.4, 0.5) is 0 Å². The minimum absolute atomic E-state index is 0. The molecule has 3 N–H and O–H groups in total. The van der Waals surface area contributed by atoms with Gasteiger partial charge in [-0.2, -0.15) is 0 Å². The Hall–Kier alpha value is -2.05. The fraction of sp³-hybridized carbons (Fsp3) is 0.350. The zero-order valence-electron chi connectivity index (χ0n) is 17.2. The molecule has 1 heterocycles. The first-order valence-electron chi connectivity index (χ1n) is 9.17. The van der Waals surface area contributed by atoms with Crippen LogP contribution in [0, 0.1) is 0 Å². The lowest BCUT2D eigenvalue weighted by molar-refractivity contribution is 0.346. The van der Waals surface area contributed by atoms with Gasteiger partial charge in [-0.05, 0) is 47.4 Å². The minimum Gasteiger partial charge on any atom is -0.493 e. The molecule has 10 heteroatoms. The fourth-order valence-electron chi connectivity index (χ4n) is 3.41. The third-order valence-corrected chi connectivity index (χ3v) is 5.82. The highest BCUT2D eigenvalue weighted by Crippen LogP contribution is 2.33. The number of rotatable bonds is 5. The summed E-state index contributed by atoms with van der Waals surface area (Å²) in [7, 11) is 1.26. The van der Waals surface area contributed by atoms with Crippen molar-refractivity contribution in [1.82, 2.24) is 10.2 Å². The number of fused-ring (bicyclic) bond motifs is 1. The fourth-order valence-corrected chi connectivity index (χ4v) is 3.99. The molecular formula is C20H27IN4O4S. The molecule has 164 valence electrons. The van der Waals surface area contributed by atoms with E-state index in [1.807, 2.05) is 18.2 Å². The van der Waals surface area contributed by atoms with Crippen LogP contribution < -0.4 is 19.9 Å². The standard InChI is InChI=1S/C20H26N4O4S.HI/c1-22-20(23-12-14-5-4-6-17(9-14)29(21,25)26)24-8-7-15-10-18(27-2)19(28-3)11-16(15)13-24;/h4-6,9-11H,7-8,12-13H2,1-3H3,(H,22,23)(H2,21,25,26);1H. The highest BCUT2D eigenvalue weighted by molar-refractivity contribution is 14.0. The number of sulfonamides is 1. The monoisotopic (exact) mass is 546 g/mol. The van der Waals surface area contributed by atoms with Gasteiger partial charge in [-0.15, -0.1) is 24.0 Å². The summed E-state index contributed by atoms with van der Waals surface area (Å²) in [6.45, 7) is 1.93. The Morgan fingerprint density at radius 1 is 1.17 bits per heavy atom. The van der Waals surface area contributed by atoms with Crippen LogP contribution in [0.25, 0.3) is 0 Å². The lowest BCUT2D eigenvalue weighted by Crippen LogP contribution is -2.43. The van der Waals surface area contributed by atoms with Gasteiger partial charge >= 0.3 is 0 Å². The number of guanidine groups is 1. The Kier molecular flexibility index (Phi) is 8.33. The number of ether oxygens (including phenoxy) is 2. The van der Waals surface area contributed by atoms with Gasteiger partial charge in [-0.1, -0.05) is 12.1 Å². The number of aliphatic imine (C=N–C) groups is 1. The van der Waals surface area contributed by atoms with Crippen molar-refractivity contribution in [1.29, 1.82) is 0 Å². The Balaban J connectivity index is 0.00000320. The van der Waals surface area contributed by atoms with E-state index in [2.05, 4.69) is 15.2 Å². The molecule has 0 fully saturated rings. The van der Waals surface area contributed by atoms with Crippen LogP contribution in [0.2, 0.25) is 0 Å². The van der Waals surface area contributed by atoms with Gasteiger partial charge in [0.15, 0.2) is 17.5 Å². The van der Waals surface area contributed by atoms with E-state index in [-0.39, 0.29) is 28.9 Å². The van der Waals surface area contributed by atoms with Crippen LogP contribution >= 0.6 is 24.0 Å². The van der Waals surface area contributed by atoms with Crippen molar-refractivity contribution in [2.75, 3.05) is 27.8 Å². The molecule has 0 aromatic heterocycles. The number of halogens is 1. The second-order valence-corrected chi connectivity index (χ2v) is 8.30. The van der Waals surface area contributed by atoms with E-state index in [0.29, 0.717) is 18.8 Å². The zero-order chi connectivity index (χ0) is 21.0. The van der Waals surface area contributed by atoms with Crippen molar-refractivity contribution in [3.8, 4) is 11.5 Å². The van der Waals surface area contributed by atoms with Crippen molar-refractivity contribution in [2.24, 2.45) is 10.1 Å². The molecule has 0 atom stereocenters. The molecule has 0 saturated carbocycles. The number of hydrogen-bond donors (Lipinski definition) is 2. The molecule has 2 aromatic rings. The maximum atomic E-state index is 11.5. The molecule has 1 aliphatic rings. The first-order valence-corrected chi connectivity index (χ1v) is 10.7. The van der Waals surface area contributed by atoms with Gasteiger partial charge in [0.25, 0.3) is 0 Å². The molecule has 0 aliphatic carbocycles. The first-order chi connectivity index (χ1) is 13.9. The third kappa shape index (κ3) is 5.55. The lowest BCUT2D eigenvalue weighted by Gasteiger charge is -2.32. The van der Waals surface area contributed by atoms with Crippen LogP contribution in [0.1, 0.15) is 16.7 Å². The molecule has 1 aliphatic heterocycles. The van der Waals surface area contributed by atoms with E-state index in [1.54, 1.807) is 33.4 Å². The van der Waals surface area contributed by atoms with E-state index >= 15 is 0 Å². The molecule has 30 heavy (non-hydrogen) atoms. The molecule has 8 nitrogen and oxygen atoms in total. The zero-order valence-corrected chi connectivity index (χ0v) is 20.4. The Labute approximate surface area is 194 Å². The van der Waals surface area contributed by atoms with Crippen LogP contribution in [0.15, 0.2) is 46.3 Å². The lowest BCUT2D eigenvalue weighted by atomic mass is 9.99. The first kappa shape index (κ1) is 24.2. The van der Waals surface area contributed by atoms with Crippen LogP contribution in [-0.2, 0) is 29.5 Å². The molecule has 3 rings (SSSR count). The molecule has 0 radical (unpaired) electrons. The molecule has 0 saturated heterocycles. The topological polar surface area (TPSA) is 106 Å². The van der Waals surface area contributed by atoms with Crippen molar-refractivity contribution in [3.63, 3.8) is 0 Å². The molecule has 0 unspecified atom stereocenters. The van der Waals surface area contributed by atoms with E-state index < -0.39 is 10.0 Å². The second kappa shape index (κ2) is 10.3. The average Bonchev–Trinajstić information content (AvgIpc) is 2.72. The van der Waals surface area contributed by atoms with E-state index in [0.717, 1.165) is 35.8 Å². The van der Waals surface area contributed by atoms with Crippen molar-refractivity contribution in [2.45, 2.75) is 24.4 Å². The van der Waals surface area contributed by atoms with Crippen molar-refractivity contribution in [3.05, 3.63) is 53.1 Å². The van der Waals surface area contributed by atoms with Crippen molar-refractivity contribution >= 4 is 40.0 Å². The maximum Gasteiger partial charge on any atom is 0.238 e. The van der Waals surface area contributed by atoms with E-state index in [4.69, 9.17) is 14.6 Å². The summed E-state index contributed by atoms with van der Waals surface area (Å²) in [5.74, 6) is 2.18.